The van der Waals surface area contributed by atoms with Crippen molar-refractivity contribution in [3.8, 4) is 17.4 Å². The van der Waals surface area contributed by atoms with Crippen LogP contribution >= 0.6 is 39.1 Å². The predicted octanol–water partition coefficient (Wildman–Crippen LogP) is 5.91. The summed E-state index contributed by atoms with van der Waals surface area (Å²) in [4.78, 5) is 16.6. The molecule has 2 fully saturated rings. The van der Waals surface area contributed by atoms with Crippen LogP contribution < -0.4 is 19.1 Å². The molecule has 12 heteroatoms. The lowest BCUT2D eigenvalue weighted by molar-refractivity contribution is -0.122. The molecular formula is C26H24BrCl2N3O5S. The first-order valence-electron chi connectivity index (χ1n) is 12.0. The van der Waals surface area contributed by atoms with Gasteiger partial charge in [0.1, 0.15) is 12.3 Å². The molecule has 1 heterocycles. The summed E-state index contributed by atoms with van der Waals surface area (Å²) in [6, 6.07) is 14.2. The summed E-state index contributed by atoms with van der Waals surface area (Å²) in [6.45, 7) is 0.404. The number of amides is 1. The Labute approximate surface area is 240 Å². The molecule has 0 spiro atoms. The molecule has 2 saturated carbocycles. The van der Waals surface area contributed by atoms with E-state index in [0.717, 1.165) is 18.4 Å². The second kappa shape index (κ2) is 11.3. The molecule has 2 aliphatic carbocycles. The second-order valence-electron chi connectivity index (χ2n) is 9.33. The number of benzene rings is 2. The lowest BCUT2D eigenvalue weighted by atomic mass is 10.2. The van der Waals surface area contributed by atoms with Crippen LogP contribution in [0.1, 0.15) is 31.2 Å². The first kappa shape index (κ1) is 27.1. The maximum Gasteiger partial charge on any atom is 0.225 e. The van der Waals surface area contributed by atoms with Crippen LogP contribution in [0, 0.1) is 5.92 Å². The normalized spacial score (nSPS) is 15.7. The van der Waals surface area contributed by atoms with Crippen LogP contribution in [0.25, 0.3) is 0 Å². The molecule has 1 N–H and O–H groups in total. The van der Waals surface area contributed by atoms with E-state index in [2.05, 4.69) is 26.2 Å². The Morgan fingerprint density at radius 1 is 1.13 bits per heavy atom. The summed E-state index contributed by atoms with van der Waals surface area (Å²) >= 11 is 16.0. The van der Waals surface area contributed by atoms with Crippen molar-refractivity contribution >= 4 is 61.6 Å². The predicted molar refractivity (Wildman–Crippen MR) is 150 cm³/mol. The fourth-order valence-electron chi connectivity index (χ4n) is 4.08. The highest BCUT2D eigenvalue weighted by molar-refractivity contribution is 9.10. The van der Waals surface area contributed by atoms with Gasteiger partial charge in [-0.05, 0) is 43.4 Å². The van der Waals surface area contributed by atoms with E-state index in [1.54, 1.807) is 12.1 Å². The number of aromatic nitrogens is 1. The van der Waals surface area contributed by atoms with Gasteiger partial charge in [-0.1, -0.05) is 69.5 Å². The van der Waals surface area contributed by atoms with E-state index in [1.165, 1.54) is 16.6 Å². The van der Waals surface area contributed by atoms with Crippen molar-refractivity contribution in [2.24, 2.45) is 5.92 Å². The van der Waals surface area contributed by atoms with Gasteiger partial charge in [-0.3, -0.25) is 9.10 Å². The summed E-state index contributed by atoms with van der Waals surface area (Å²) in [5, 5.41) is 3.44. The first-order valence-corrected chi connectivity index (χ1v) is 14.6. The summed E-state index contributed by atoms with van der Waals surface area (Å²) < 4.78 is 39.3. The number of carbonyl (C=O) groups is 1. The molecule has 5 rings (SSSR count). The van der Waals surface area contributed by atoms with Crippen molar-refractivity contribution in [2.75, 3.05) is 10.8 Å². The van der Waals surface area contributed by atoms with Crippen LogP contribution in [-0.2, 0) is 22.3 Å². The molecule has 0 aliphatic heterocycles. The Morgan fingerprint density at radius 3 is 2.42 bits per heavy atom. The third-order valence-electron chi connectivity index (χ3n) is 6.44. The van der Waals surface area contributed by atoms with Gasteiger partial charge in [-0.15, -0.1) is 0 Å². The number of hydrogen-bond donors (Lipinski definition) is 2. The van der Waals surface area contributed by atoms with Crippen molar-refractivity contribution < 1.29 is 22.7 Å². The Morgan fingerprint density at radius 2 is 1.82 bits per heavy atom. The molecule has 1 aromatic heterocycles. The van der Waals surface area contributed by atoms with Crippen LogP contribution in [0.3, 0.4) is 0 Å². The van der Waals surface area contributed by atoms with Gasteiger partial charge in [-0.2, -0.15) is 0 Å². The van der Waals surface area contributed by atoms with E-state index in [4.69, 9.17) is 32.7 Å². The van der Waals surface area contributed by atoms with E-state index >= 15 is 0 Å². The van der Waals surface area contributed by atoms with Crippen LogP contribution in [0.15, 0.2) is 59.2 Å². The zero-order chi connectivity index (χ0) is 26.9. The molecule has 200 valence electrons. The summed E-state index contributed by atoms with van der Waals surface area (Å²) in [5.41, 5.74) is 0.364. The van der Waals surface area contributed by atoms with Gasteiger partial charge >= 0.3 is 0 Å². The van der Waals surface area contributed by atoms with E-state index in [0.29, 0.717) is 17.3 Å². The number of rotatable bonds is 11. The smallest absolute Gasteiger partial charge is 0.225 e. The minimum atomic E-state index is -3.11. The molecule has 38 heavy (non-hydrogen) atoms. The minimum Gasteiger partial charge on any atom is -0.485 e. The summed E-state index contributed by atoms with van der Waals surface area (Å²) in [6.07, 6.45) is 4.31. The maximum atomic E-state index is 12.7. The topological polar surface area (TPSA) is 97.8 Å². The SMILES string of the molecule is O=C(NCC1(N(c2cc(Oc3c(Cl)cc(Br)cc3Cl)ncc2OCc2ccccc2)[SH](=O)=O)CC1)C1CC1. The highest BCUT2D eigenvalue weighted by Gasteiger charge is 2.51. The van der Waals surface area contributed by atoms with Crippen LogP contribution in [0.4, 0.5) is 5.69 Å². The first-order chi connectivity index (χ1) is 18.3. The quantitative estimate of drug-likeness (QED) is 0.253. The number of nitrogens with zero attached hydrogens (tertiary/aromatic N) is 2. The van der Waals surface area contributed by atoms with Gasteiger partial charge in [0.25, 0.3) is 0 Å². The Kier molecular flexibility index (Phi) is 8.04. The number of ether oxygens (including phenoxy) is 2. The van der Waals surface area contributed by atoms with Gasteiger partial charge in [0.2, 0.25) is 22.7 Å². The van der Waals surface area contributed by atoms with Crippen molar-refractivity contribution in [1.82, 2.24) is 10.3 Å². The standard InChI is InChI=1S/C26H24BrCl2N3O5S/c27-18-10-19(28)24(20(29)11-18)37-23-12-21(22(13-30-23)36-14-16-4-2-1-3-5-16)32(38(34)35)26(8-9-26)15-31-25(33)17-6-7-17/h1-5,10-13,17,38H,6-9,14-15H2,(H,31,33). The third kappa shape index (κ3) is 6.20. The highest BCUT2D eigenvalue weighted by atomic mass is 79.9. The van der Waals surface area contributed by atoms with Crippen LogP contribution in [-0.4, -0.2) is 31.4 Å². The molecule has 3 aromatic rings. The van der Waals surface area contributed by atoms with Gasteiger partial charge < -0.3 is 14.8 Å². The lowest BCUT2D eigenvalue weighted by Crippen LogP contribution is -2.46. The van der Waals surface area contributed by atoms with Crippen LogP contribution in [0.2, 0.25) is 10.0 Å². The monoisotopic (exact) mass is 639 g/mol. The van der Waals surface area contributed by atoms with Gasteiger partial charge in [0.15, 0.2) is 11.5 Å². The van der Waals surface area contributed by atoms with E-state index in [-0.39, 0.29) is 58.1 Å². The van der Waals surface area contributed by atoms with Crippen LogP contribution in [0.5, 0.6) is 17.4 Å². The molecule has 0 unspecified atom stereocenters. The Hall–Kier alpha value is -2.53. The fraction of sp³-hybridized carbons (Fsp3) is 0.308. The van der Waals surface area contributed by atoms with E-state index in [1.807, 2.05) is 30.3 Å². The number of thiol groups is 1. The molecule has 0 radical (unpaired) electrons. The number of carbonyl (C=O) groups excluding carboxylic acids is 1. The van der Waals surface area contributed by atoms with Gasteiger partial charge in [0.05, 0.1) is 21.8 Å². The minimum absolute atomic E-state index is 0.0198. The number of hydrogen-bond acceptors (Lipinski definition) is 6. The summed E-state index contributed by atoms with van der Waals surface area (Å²) in [5.74, 6) is 0.498. The molecule has 2 aliphatic rings. The molecule has 2 aromatic carbocycles. The van der Waals surface area contributed by atoms with Crippen molar-refractivity contribution in [3.05, 3.63) is 74.8 Å². The zero-order valence-corrected chi connectivity index (χ0v) is 24.0. The van der Waals surface area contributed by atoms with Gasteiger partial charge in [0, 0.05) is 23.0 Å². The van der Waals surface area contributed by atoms with Gasteiger partial charge in [-0.25, -0.2) is 13.4 Å². The number of pyridine rings is 1. The van der Waals surface area contributed by atoms with Crippen molar-refractivity contribution in [1.29, 1.82) is 0 Å². The number of anilines is 1. The Balaban J connectivity index is 1.49. The zero-order valence-electron chi connectivity index (χ0n) is 20.0. The largest absolute Gasteiger partial charge is 0.485 e. The second-order valence-corrected chi connectivity index (χ2v) is 11.9. The molecule has 8 nitrogen and oxygen atoms in total. The number of nitrogens with one attached hydrogen (secondary N) is 1. The molecule has 0 bridgehead atoms. The molecule has 0 atom stereocenters. The molecular weight excluding hydrogens is 617 g/mol. The highest BCUT2D eigenvalue weighted by Crippen LogP contribution is 2.48. The molecule has 1 amide bonds. The Bertz CT molecular complexity index is 1400. The van der Waals surface area contributed by atoms with E-state index < -0.39 is 16.4 Å². The average molecular weight is 641 g/mol. The van der Waals surface area contributed by atoms with Crippen molar-refractivity contribution in [2.45, 2.75) is 37.8 Å². The summed E-state index contributed by atoms with van der Waals surface area (Å²) in [7, 11) is -3.11. The third-order valence-corrected chi connectivity index (χ3v) is 8.42. The average Bonchev–Trinajstić information content (AvgIpc) is 3.81. The lowest BCUT2D eigenvalue weighted by Gasteiger charge is -2.30. The van der Waals surface area contributed by atoms with Crippen molar-refractivity contribution in [3.63, 3.8) is 0 Å². The number of halogens is 3. The fourth-order valence-corrected chi connectivity index (χ4v) is 6.31. The maximum absolute atomic E-state index is 12.7. The molecule has 0 saturated heterocycles. The van der Waals surface area contributed by atoms with E-state index in [9.17, 15) is 13.2 Å².